The van der Waals surface area contributed by atoms with Crippen LogP contribution in [0.4, 0.5) is 5.69 Å². The Balaban J connectivity index is 2.02. The molecule has 2 N–H and O–H groups in total. The zero-order valence-corrected chi connectivity index (χ0v) is 17.5. The average molecular weight is 418 g/mol. The molecule has 0 fully saturated rings. The monoisotopic (exact) mass is 417 g/mol. The topological polar surface area (TPSA) is 66.4 Å². The van der Waals surface area contributed by atoms with Gasteiger partial charge in [0.25, 0.3) is 10.0 Å². The van der Waals surface area contributed by atoms with Gasteiger partial charge < -0.3 is 5.11 Å². The lowest BCUT2D eigenvalue weighted by Crippen LogP contribution is -2.26. The summed E-state index contributed by atoms with van der Waals surface area (Å²) in [6.45, 7) is 5.61. The highest BCUT2D eigenvalue weighted by molar-refractivity contribution is 7.92. The van der Waals surface area contributed by atoms with Crippen molar-refractivity contribution in [3.63, 3.8) is 0 Å². The minimum atomic E-state index is -3.83. The van der Waals surface area contributed by atoms with Crippen LogP contribution in [0.5, 0.6) is 0 Å². The van der Waals surface area contributed by atoms with E-state index in [0.717, 1.165) is 11.1 Å². The van der Waals surface area contributed by atoms with Gasteiger partial charge in [-0.05, 0) is 37.3 Å². The van der Waals surface area contributed by atoms with Gasteiger partial charge in [-0.15, -0.1) is 6.58 Å². The molecular formula is C25H23NO3S. The zero-order chi connectivity index (χ0) is 21.6. The van der Waals surface area contributed by atoms with Crippen molar-refractivity contribution < 1.29 is 13.5 Å². The first-order chi connectivity index (χ1) is 14.3. The number of anilines is 1. The first-order valence-electron chi connectivity index (χ1n) is 9.44. The summed E-state index contributed by atoms with van der Waals surface area (Å²) in [5, 5.41) is 11.3. The molecule has 152 valence electrons. The summed E-state index contributed by atoms with van der Waals surface area (Å²) in [4.78, 5) is 0.144. The average Bonchev–Trinajstić information content (AvgIpc) is 2.74. The molecule has 3 aromatic rings. The molecule has 5 heteroatoms. The maximum atomic E-state index is 12.9. The van der Waals surface area contributed by atoms with Gasteiger partial charge in [0.1, 0.15) is 0 Å². The number of aryl methyl sites for hydroxylation is 1. The zero-order valence-electron chi connectivity index (χ0n) is 16.7. The van der Waals surface area contributed by atoms with Crippen LogP contribution in [0.3, 0.4) is 0 Å². The molecule has 1 atom stereocenters. The predicted molar refractivity (Wildman–Crippen MR) is 120 cm³/mol. The Morgan fingerprint density at radius 1 is 1.00 bits per heavy atom. The lowest BCUT2D eigenvalue weighted by molar-refractivity contribution is 0.105. The van der Waals surface area contributed by atoms with Crippen molar-refractivity contribution in [1.29, 1.82) is 0 Å². The van der Waals surface area contributed by atoms with Gasteiger partial charge in [0.05, 0.1) is 10.6 Å². The minimum Gasteiger partial charge on any atom is -0.373 e. The first-order valence-corrected chi connectivity index (χ1v) is 10.9. The number of sulfonamides is 1. The molecular weight excluding hydrogens is 394 g/mol. The molecule has 1 unspecified atom stereocenters. The number of nitrogens with one attached hydrogen (secondary N) is 1. The van der Waals surface area contributed by atoms with E-state index < -0.39 is 15.6 Å². The van der Waals surface area contributed by atoms with Gasteiger partial charge >= 0.3 is 0 Å². The number of rotatable bonds is 6. The molecule has 3 aromatic carbocycles. The summed E-state index contributed by atoms with van der Waals surface area (Å²) in [6, 6.07) is 22.6. The number of aliphatic hydroxyl groups is 1. The van der Waals surface area contributed by atoms with Crippen molar-refractivity contribution in [2.24, 2.45) is 0 Å². The van der Waals surface area contributed by atoms with E-state index in [9.17, 15) is 13.5 Å². The van der Waals surface area contributed by atoms with E-state index in [1.807, 2.05) is 37.3 Å². The van der Waals surface area contributed by atoms with E-state index in [2.05, 4.69) is 23.1 Å². The maximum Gasteiger partial charge on any atom is 0.261 e. The van der Waals surface area contributed by atoms with Crippen LogP contribution in [0.1, 0.15) is 23.1 Å². The van der Waals surface area contributed by atoms with Crippen LogP contribution in [0.2, 0.25) is 0 Å². The van der Waals surface area contributed by atoms with E-state index in [0.29, 0.717) is 5.56 Å². The fourth-order valence-corrected chi connectivity index (χ4v) is 4.07. The molecule has 0 saturated carbocycles. The second-order valence-corrected chi connectivity index (χ2v) is 8.62. The van der Waals surface area contributed by atoms with Gasteiger partial charge in [-0.1, -0.05) is 72.0 Å². The number of hydrogen-bond donors (Lipinski definition) is 2. The fourth-order valence-electron chi connectivity index (χ4n) is 2.99. The van der Waals surface area contributed by atoms with E-state index in [1.54, 1.807) is 54.6 Å². The van der Waals surface area contributed by atoms with Crippen LogP contribution in [0, 0.1) is 18.8 Å². The normalized spacial score (nSPS) is 12.9. The lowest BCUT2D eigenvalue weighted by Gasteiger charge is -2.24. The molecule has 0 aliphatic heterocycles. The molecule has 3 rings (SSSR count). The highest BCUT2D eigenvalue weighted by Gasteiger charge is 2.29. The lowest BCUT2D eigenvalue weighted by atomic mass is 9.89. The Hall–Kier alpha value is -3.33. The van der Waals surface area contributed by atoms with Crippen molar-refractivity contribution in [3.8, 4) is 11.8 Å². The van der Waals surface area contributed by atoms with Crippen LogP contribution in [-0.4, -0.2) is 13.5 Å². The molecule has 30 heavy (non-hydrogen) atoms. The quantitative estimate of drug-likeness (QED) is 0.455. The maximum absolute atomic E-state index is 12.9. The van der Waals surface area contributed by atoms with Crippen LogP contribution < -0.4 is 4.72 Å². The van der Waals surface area contributed by atoms with Gasteiger partial charge in [-0.3, -0.25) is 4.72 Å². The summed E-state index contributed by atoms with van der Waals surface area (Å²) < 4.78 is 28.4. The van der Waals surface area contributed by atoms with E-state index in [1.165, 1.54) is 0 Å². The molecule has 0 heterocycles. The first kappa shape index (κ1) is 21.4. The standard InChI is InChI=1S/C25H23NO3S/c1-3-18-25(27,19-17-21-9-5-4-6-10-21)23-11-7-8-12-24(23)26-30(28,29)22-15-13-20(2)14-16-22/h3-16,26-27H,1,18H2,2H3. The Kier molecular flexibility index (Phi) is 6.41. The molecule has 4 nitrogen and oxygen atoms in total. The second-order valence-electron chi connectivity index (χ2n) is 6.93. The molecule has 0 aliphatic rings. The van der Waals surface area contributed by atoms with E-state index >= 15 is 0 Å². The third kappa shape index (κ3) is 4.98. The third-order valence-corrected chi connectivity index (χ3v) is 5.96. The van der Waals surface area contributed by atoms with Crippen molar-refractivity contribution in [2.75, 3.05) is 4.72 Å². The largest absolute Gasteiger partial charge is 0.373 e. The van der Waals surface area contributed by atoms with Gasteiger partial charge in [0, 0.05) is 17.5 Å². The van der Waals surface area contributed by atoms with Crippen LogP contribution in [0.25, 0.3) is 0 Å². The number of hydrogen-bond acceptors (Lipinski definition) is 3. The number of para-hydroxylation sites is 1. The molecule has 0 bridgehead atoms. The molecule has 0 radical (unpaired) electrons. The highest BCUT2D eigenvalue weighted by Crippen LogP contribution is 2.32. The summed E-state index contributed by atoms with van der Waals surface area (Å²) in [6.07, 6.45) is 1.70. The Labute approximate surface area is 178 Å². The van der Waals surface area contributed by atoms with Gasteiger partial charge in [-0.2, -0.15) is 0 Å². The molecule has 0 aliphatic carbocycles. The van der Waals surface area contributed by atoms with Crippen LogP contribution in [0.15, 0.2) is 96.4 Å². The SMILES string of the molecule is C=CCC(O)(C#Cc1ccccc1)c1ccccc1NS(=O)(=O)c1ccc(C)cc1. The molecule has 0 amide bonds. The molecule has 0 saturated heterocycles. The van der Waals surface area contributed by atoms with Crippen molar-refractivity contribution >= 4 is 15.7 Å². The number of benzene rings is 3. The molecule has 0 aromatic heterocycles. The second kappa shape index (κ2) is 9.00. The highest BCUT2D eigenvalue weighted by atomic mass is 32.2. The van der Waals surface area contributed by atoms with E-state index in [4.69, 9.17) is 0 Å². The Morgan fingerprint density at radius 2 is 1.63 bits per heavy atom. The van der Waals surface area contributed by atoms with Crippen LogP contribution in [-0.2, 0) is 15.6 Å². The Bertz CT molecular complexity index is 1190. The van der Waals surface area contributed by atoms with Crippen molar-refractivity contribution in [3.05, 3.63) is 108 Å². The summed E-state index contributed by atoms with van der Waals surface area (Å²) in [5.41, 5.74) is 0.738. The predicted octanol–water partition coefficient (Wildman–Crippen LogP) is 4.61. The minimum absolute atomic E-state index is 0.135. The molecule has 0 spiro atoms. The third-order valence-electron chi connectivity index (χ3n) is 4.58. The van der Waals surface area contributed by atoms with Crippen molar-refractivity contribution in [2.45, 2.75) is 23.8 Å². The van der Waals surface area contributed by atoms with Gasteiger partial charge in [0.2, 0.25) is 0 Å². The smallest absolute Gasteiger partial charge is 0.261 e. The summed E-state index contributed by atoms with van der Waals surface area (Å²) >= 11 is 0. The summed E-state index contributed by atoms with van der Waals surface area (Å²) in [7, 11) is -3.83. The van der Waals surface area contributed by atoms with Gasteiger partial charge in [-0.25, -0.2) is 8.42 Å². The Morgan fingerprint density at radius 3 is 2.30 bits per heavy atom. The van der Waals surface area contributed by atoms with Crippen LogP contribution >= 0.6 is 0 Å². The van der Waals surface area contributed by atoms with E-state index in [-0.39, 0.29) is 17.0 Å². The fraction of sp³-hybridized carbons (Fsp3) is 0.120. The van der Waals surface area contributed by atoms with Crippen molar-refractivity contribution in [1.82, 2.24) is 0 Å². The van der Waals surface area contributed by atoms with Gasteiger partial charge in [0.15, 0.2) is 5.60 Å². The summed E-state index contributed by atoms with van der Waals surface area (Å²) in [5.74, 6) is 5.87.